The van der Waals surface area contributed by atoms with Gasteiger partial charge in [0.15, 0.2) is 0 Å². The van der Waals surface area contributed by atoms with Crippen LogP contribution in [-0.4, -0.2) is 28.5 Å². The van der Waals surface area contributed by atoms with E-state index in [1.807, 2.05) is 74.3 Å². The third-order valence-corrected chi connectivity index (χ3v) is 3.09. The molecule has 0 aliphatic heterocycles. The Balaban J connectivity index is 2.31. The molecule has 0 saturated heterocycles. The molecule has 1 heterocycles. The molecule has 0 radical (unpaired) electrons. The van der Waals surface area contributed by atoms with Crippen molar-refractivity contribution in [2.45, 2.75) is 19.9 Å². The van der Waals surface area contributed by atoms with Gasteiger partial charge in [-0.1, -0.05) is 6.07 Å². The lowest BCUT2D eigenvalue weighted by atomic mass is 10.1. The van der Waals surface area contributed by atoms with Crippen LogP contribution in [0.1, 0.15) is 24.2 Å². The topological polar surface area (TPSA) is 25.2 Å². The number of nitrogens with zero attached hydrogens (tertiary/aromatic N) is 2. The molecule has 2 rings (SSSR count). The Labute approximate surface area is 108 Å². The summed E-state index contributed by atoms with van der Waals surface area (Å²) in [5.74, 6) is 0.0546. The van der Waals surface area contributed by atoms with E-state index in [4.69, 9.17) is 0 Å². The van der Waals surface area contributed by atoms with Crippen LogP contribution in [-0.2, 0) is 0 Å². The number of hydrogen-bond acceptors (Lipinski definition) is 1. The summed E-state index contributed by atoms with van der Waals surface area (Å²) in [5, 5.41) is 0. The molecule has 0 spiro atoms. The zero-order valence-corrected chi connectivity index (χ0v) is 11.0. The molecule has 0 aliphatic rings. The minimum absolute atomic E-state index is 0.0546. The predicted molar refractivity (Wildman–Crippen MR) is 73.0 cm³/mol. The molecule has 0 unspecified atom stereocenters. The second-order valence-corrected chi connectivity index (χ2v) is 4.65. The van der Waals surface area contributed by atoms with Crippen molar-refractivity contribution in [1.29, 1.82) is 0 Å². The Kier molecular flexibility index (Phi) is 3.51. The van der Waals surface area contributed by atoms with Crippen LogP contribution in [0.15, 0.2) is 48.8 Å². The molecule has 0 N–H and O–H groups in total. The number of rotatable bonds is 3. The Morgan fingerprint density at radius 2 is 1.83 bits per heavy atom. The second-order valence-electron chi connectivity index (χ2n) is 4.65. The summed E-state index contributed by atoms with van der Waals surface area (Å²) in [5.41, 5.74) is 1.72. The fraction of sp³-hybridized carbons (Fsp3) is 0.267. The van der Waals surface area contributed by atoms with Crippen molar-refractivity contribution in [2.24, 2.45) is 0 Å². The molecule has 18 heavy (non-hydrogen) atoms. The number of carbonyl (C=O) groups is 1. The lowest BCUT2D eigenvalue weighted by Gasteiger charge is -2.21. The van der Waals surface area contributed by atoms with Crippen molar-refractivity contribution in [1.82, 2.24) is 9.47 Å². The predicted octanol–water partition coefficient (Wildman–Crippen LogP) is 2.96. The van der Waals surface area contributed by atoms with E-state index < -0.39 is 0 Å². The summed E-state index contributed by atoms with van der Waals surface area (Å²) in [6.07, 6.45) is 3.94. The molecule has 2 aromatic rings. The van der Waals surface area contributed by atoms with Gasteiger partial charge in [0.25, 0.3) is 5.91 Å². The largest absolute Gasteiger partial charge is 0.339 e. The first-order valence-corrected chi connectivity index (χ1v) is 6.10. The van der Waals surface area contributed by atoms with E-state index in [2.05, 4.69) is 0 Å². The van der Waals surface area contributed by atoms with Crippen molar-refractivity contribution < 1.29 is 4.79 Å². The number of hydrogen-bond donors (Lipinski definition) is 0. The molecule has 1 aromatic carbocycles. The highest BCUT2D eigenvalue weighted by molar-refractivity contribution is 5.94. The smallest absolute Gasteiger partial charge is 0.253 e. The van der Waals surface area contributed by atoms with Gasteiger partial charge in [-0.3, -0.25) is 4.79 Å². The number of carbonyl (C=O) groups excluding carboxylic acids is 1. The molecule has 0 aliphatic carbocycles. The van der Waals surface area contributed by atoms with Gasteiger partial charge in [0.05, 0.1) is 0 Å². The summed E-state index contributed by atoms with van der Waals surface area (Å²) in [7, 11) is 1.83. The van der Waals surface area contributed by atoms with Gasteiger partial charge in [0.2, 0.25) is 0 Å². The second kappa shape index (κ2) is 5.08. The van der Waals surface area contributed by atoms with E-state index in [0.29, 0.717) is 0 Å². The molecule has 94 valence electrons. The van der Waals surface area contributed by atoms with Gasteiger partial charge in [0.1, 0.15) is 0 Å². The Bertz CT molecular complexity index is 529. The lowest BCUT2D eigenvalue weighted by molar-refractivity contribution is 0.0755. The van der Waals surface area contributed by atoms with Gasteiger partial charge in [-0.2, -0.15) is 0 Å². The number of benzene rings is 1. The summed E-state index contributed by atoms with van der Waals surface area (Å²) >= 11 is 0. The Morgan fingerprint density at radius 1 is 1.17 bits per heavy atom. The molecule has 0 bridgehead atoms. The number of amides is 1. The molecule has 1 amide bonds. The van der Waals surface area contributed by atoms with Gasteiger partial charge >= 0.3 is 0 Å². The van der Waals surface area contributed by atoms with Crippen molar-refractivity contribution >= 4 is 5.91 Å². The monoisotopic (exact) mass is 242 g/mol. The minimum atomic E-state index is 0.0546. The van der Waals surface area contributed by atoms with E-state index in [1.54, 1.807) is 4.90 Å². The van der Waals surface area contributed by atoms with Crippen LogP contribution in [0.3, 0.4) is 0 Å². The maximum atomic E-state index is 12.2. The standard InChI is InChI=1S/C15H18N2O/c1-12(2)16(3)15(18)13-7-6-8-14(11-13)17-9-4-5-10-17/h4-12H,1-3H3. The van der Waals surface area contributed by atoms with Crippen LogP contribution in [0.2, 0.25) is 0 Å². The van der Waals surface area contributed by atoms with E-state index >= 15 is 0 Å². The third-order valence-electron chi connectivity index (χ3n) is 3.09. The molecule has 3 heteroatoms. The van der Waals surface area contributed by atoms with Gasteiger partial charge in [0, 0.05) is 36.7 Å². The first-order valence-electron chi connectivity index (χ1n) is 6.10. The maximum absolute atomic E-state index is 12.2. The van der Waals surface area contributed by atoms with E-state index in [1.165, 1.54) is 0 Å². The Hall–Kier alpha value is -2.03. The summed E-state index contributed by atoms with van der Waals surface area (Å²) in [6, 6.07) is 11.8. The fourth-order valence-electron chi connectivity index (χ4n) is 1.74. The average molecular weight is 242 g/mol. The zero-order valence-electron chi connectivity index (χ0n) is 11.0. The average Bonchev–Trinajstić information content (AvgIpc) is 2.91. The summed E-state index contributed by atoms with van der Waals surface area (Å²) in [4.78, 5) is 14.0. The van der Waals surface area contributed by atoms with Gasteiger partial charge in [-0.25, -0.2) is 0 Å². The highest BCUT2D eigenvalue weighted by Gasteiger charge is 2.14. The van der Waals surface area contributed by atoms with Crippen LogP contribution in [0.25, 0.3) is 5.69 Å². The maximum Gasteiger partial charge on any atom is 0.253 e. The van der Waals surface area contributed by atoms with Gasteiger partial charge < -0.3 is 9.47 Å². The van der Waals surface area contributed by atoms with E-state index in [-0.39, 0.29) is 11.9 Å². The van der Waals surface area contributed by atoms with Crippen LogP contribution < -0.4 is 0 Å². The fourth-order valence-corrected chi connectivity index (χ4v) is 1.74. The molecule has 3 nitrogen and oxygen atoms in total. The molecular formula is C15H18N2O. The van der Waals surface area contributed by atoms with Crippen LogP contribution in [0.4, 0.5) is 0 Å². The van der Waals surface area contributed by atoms with Crippen molar-refractivity contribution in [3.63, 3.8) is 0 Å². The molecule has 0 fully saturated rings. The minimum Gasteiger partial charge on any atom is -0.339 e. The quantitative estimate of drug-likeness (QED) is 0.812. The van der Waals surface area contributed by atoms with Crippen molar-refractivity contribution in [3.8, 4) is 5.69 Å². The lowest BCUT2D eigenvalue weighted by Crippen LogP contribution is -2.32. The molecule has 1 aromatic heterocycles. The van der Waals surface area contributed by atoms with Gasteiger partial charge in [-0.15, -0.1) is 0 Å². The summed E-state index contributed by atoms with van der Waals surface area (Å²) < 4.78 is 1.99. The normalized spacial score (nSPS) is 10.7. The zero-order chi connectivity index (χ0) is 13.1. The van der Waals surface area contributed by atoms with E-state index in [9.17, 15) is 4.79 Å². The van der Waals surface area contributed by atoms with Crippen LogP contribution in [0.5, 0.6) is 0 Å². The van der Waals surface area contributed by atoms with Crippen LogP contribution >= 0.6 is 0 Å². The van der Waals surface area contributed by atoms with E-state index in [0.717, 1.165) is 11.3 Å². The molecule has 0 saturated carbocycles. The van der Waals surface area contributed by atoms with Crippen LogP contribution in [0, 0.1) is 0 Å². The first-order chi connectivity index (χ1) is 8.59. The SMILES string of the molecule is CC(C)N(C)C(=O)c1cccc(-n2cccc2)c1. The third kappa shape index (κ3) is 2.45. The number of aromatic nitrogens is 1. The van der Waals surface area contributed by atoms with Crippen molar-refractivity contribution in [2.75, 3.05) is 7.05 Å². The van der Waals surface area contributed by atoms with Gasteiger partial charge in [-0.05, 0) is 44.2 Å². The Morgan fingerprint density at radius 3 is 2.44 bits per heavy atom. The highest BCUT2D eigenvalue weighted by atomic mass is 16.2. The summed E-state index contributed by atoms with van der Waals surface area (Å²) in [6.45, 7) is 4.02. The first kappa shape index (κ1) is 12.4. The highest BCUT2D eigenvalue weighted by Crippen LogP contribution is 2.13. The molecule has 0 atom stereocenters. The molecular weight excluding hydrogens is 224 g/mol. The van der Waals surface area contributed by atoms with Crippen molar-refractivity contribution in [3.05, 3.63) is 54.4 Å².